The maximum Gasteiger partial charge on any atom is 0.313 e. The maximum absolute atomic E-state index is 12.1. The third-order valence-corrected chi connectivity index (χ3v) is 4.49. The number of ether oxygens (including phenoxy) is 2. The second-order valence-corrected chi connectivity index (χ2v) is 6.45. The number of rotatable bonds is 8. The van der Waals surface area contributed by atoms with Gasteiger partial charge in [-0.15, -0.1) is 11.3 Å². The third kappa shape index (κ3) is 5.55. The normalized spacial score (nSPS) is 11.7. The van der Waals surface area contributed by atoms with Crippen LogP contribution in [0.25, 0.3) is 0 Å². The minimum absolute atomic E-state index is 0.122. The Kier molecular flexibility index (Phi) is 7.58. The molecular weight excluding hydrogens is 356 g/mol. The molecule has 1 atom stereocenters. The lowest BCUT2D eigenvalue weighted by Gasteiger charge is -2.17. The number of benzene rings is 1. The third-order valence-electron chi connectivity index (χ3n) is 3.53. The van der Waals surface area contributed by atoms with Crippen molar-refractivity contribution < 1.29 is 24.2 Å². The number of thiophene rings is 1. The molecule has 1 unspecified atom stereocenters. The van der Waals surface area contributed by atoms with Crippen LogP contribution in [0.2, 0.25) is 0 Å². The van der Waals surface area contributed by atoms with Crippen molar-refractivity contribution in [2.45, 2.75) is 13.0 Å². The summed E-state index contributed by atoms with van der Waals surface area (Å²) >= 11 is 1.48. The van der Waals surface area contributed by atoms with Crippen molar-refractivity contribution in [1.29, 1.82) is 0 Å². The first-order chi connectivity index (χ1) is 12.5. The Balaban J connectivity index is 1.95. The van der Waals surface area contributed by atoms with Crippen LogP contribution < -0.4 is 15.4 Å². The number of nitrogens with one attached hydrogen (secondary N) is 2. The average molecular weight is 378 g/mol. The van der Waals surface area contributed by atoms with Crippen molar-refractivity contribution >= 4 is 28.8 Å². The quantitative estimate of drug-likeness (QED) is 0.610. The number of hydrogen-bond acceptors (Lipinski definition) is 6. The van der Waals surface area contributed by atoms with Crippen LogP contribution in [0.3, 0.4) is 0 Å². The molecule has 0 saturated carbocycles. The molecule has 8 heteroatoms. The van der Waals surface area contributed by atoms with Crippen LogP contribution in [0, 0.1) is 6.92 Å². The molecular formula is C18H22N2O5S. The smallest absolute Gasteiger partial charge is 0.313 e. The predicted molar refractivity (Wildman–Crippen MR) is 99.5 cm³/mol. The minimum Gasteiger partial charge on any atom is -0.495 e. The number of aryl methyl sites for hydroxylation is 1. The number of anilines is 1. The molecule has 0 spiro atoms. The Labute approximate surface area is 155 Å². The highest BCUT2D eigenvalue weighted by molar-refractivity contribution is 7.10. The van der Waals surface area contributed by atoms with E-state index < -0.39 is 17.9 Å². The number of aliphatic hydroxyl groups excluding tert-OH is 1. The summed E-state index contributed by atoms with van der Waals surface area (Å²) in [4.78, 5) is 25.2. The number of carbonyl (C=O) groups excluding carboxylic acids is 2. The van der Waals surface area contributed by atoms with E-state index in [1.165, 1.54) is 18.4 Å². The molecule has 0 aliphatic heterocycles. The fourth-order valence-electron chi connectivity index (χ4n) is 2.28. The molecule has 1 heterocycles. The highest BCUT2D eigenvalue weighted by Crippen LogP contribution is 2.25. The molecule has 2 aromatic rings. The summed E-state index contributed by atoms with van der Waals surface area (Å²) < 4.78 is 10.7. The topological polar surface area (TPSA) is 96.9 Å². The van der Waals surface area contributed by atoms with Gasteiger partial charge in [-0.3, -0.25) is 9.59 Å². The second-order valence-electron chi connectivity index (χ2n) is 5.47. The standard InChI is InChI=1S/C18H22N2O5S/c1-12-5-6-14(24-2)13(10-12)20-18(23)17(22)19-11-15(25-8-7-21)16-4-3-9-26-16/h3-6,9-10,15,21H,7-8,11H2,1-2H3,(H,19,22)(H,20,23). The second kappa shape index (κ2) is 9.91. The number of amides is 2. The van der Waals surface area contributed by atoms with Crippen LogP contribution >= 0.6 is 11.3 Å². The van der Waals surface area contributed by atoms with E-state index in [0.29, 0.717) is 11.4 Å². The summed E-state index contributed by atoms with van der Waals surface area (Å²) in [6, 6.07) is 9.03. The molecule has 26 heavy (non-hydrogen) atoms. The Morgan fingerprint density at radius 3 is 2.73 bits per heavy atom. The van der Waals surface area contributed by atoms with Gasteiger partial charge < -0.3 is 25.2 Å². The van der Waals surface area contributed by atoms with Crippen molar-refractivity contribution in [3.8, 4) is 5.75 Å². The van der Waals surface area contributed by atoms with Gasteiger partial charge >= 0.3 is 11.8 Å². The monoisotopic (exact) mass is 378 g/mol. The van der Waals surface area contributed by atoms with E-state index in [1.54, 1.807) is 12.1 Å². The predicted octanol–water partition coefficient (Wildman–Crippen LogP) is 1.87. The Bertz CT molecular complexity index is 733. The highest BCUT2D eigenvalue weighted by Gasteiger charge is 2.19. The zero-order chi connectivity index (χ0) is 18.9. The van der Waals surface area contributed by atoms with Gasteiger partial charge in [-0.1, -0.05) is 12.1 Å². The molecule has 3 N–H and O–H groups in total. The Morgan fingerprint density at radius 1 is 1.27 bits per heavy atom. The zero-order valence-corrected chi connectivity index (χ0v) is 15.5. The molecule has 1 aromatic carbocycles. The fourth-order valence-corrected chi connectivity index (χ4v) is 3.05. The summed E-state index contributed by atoms with van der Waals surface area (Å²) in [5.41, 5.74) is 1.36. The van der Waals surface area contributed by atoms with Gasteiger partial charge in [-0.05, 0) is 36.1 Å². The van der Waals surface area contributed by atoms with E-state index in [-0.39, 0.29) is 19.8 Å². The molecule has 7 nitrogen and oxygen atoms in total. The summed E-state index contributed by atoms with van der Waals surface area (Å²) in [5.74, 6) is -1.09. The van der Waals surface area contributed by atoms with Crippen LogP contribution in [0.5, 0.6) is 5.75 Å². The summed E-state index contributed by atoms with van der Waals surface area (Å²) in [7, 11) is 1.49. The first-order valence-electron chi connectivity index (χ1n) is 8.04. The minimum atomic E-state index is -0.791. The summed E-state index contributed by atoms with van der Waals surface area (Å²) in [6.45, 7) is 2.02. The molecule has 0 saturated heterocycles. The largest absolute Gasteiger partial charge is 0.495 e. The molecule has 0 radical (unpaired) electrons. The van der Waals surface area contributed by atoms with Crippen LogP contribution in [0.4, 0.5) is 5.69 Å². The van der Waals surface area contributed by atoms with E-state index in [9.17, 15) is 9.59 Å². The van der Waals surface area contributed by atoms with Gasteiger partial charge in [0.05, 0.1) is 26.0 Å². The van der Waals surface area contributed by atoms with Crippen LogP contribution in [-0.4, -0.2) is 43.8 Å². The molecule has 140 valence electrons. The van der Waals surface area contributed by atoms with Gasteiger partial charge in [0.1, 0.15) is 11.9 Å². The van der Waals surface area contributed by atoms with E-state index in [2.05, 4.69) is 10.6 Å². The lowest BCUT2D eigenvalue weighted by Crippen LogP contribution is -2.38. The van der Waals surface area contributed by atoms with Gasteiger partial charge in [0.15, 0.2) is 0 Å². The van der Waals surface area contributed by atoms with Gasteiger partial charge in [0, 0.05) is 11.4 Å². The number of carbonyl (C=O) groups is 2. The van der Waals surface area contributed by atoms with Crippen molar-refractivity contribution in [2.24, 2.45) is 0 Å². The fraction of sp³-hybridized carbons (Fsp3) is 0.333. The Hall–Kier alpha value is -2.42. The van der Waals surface area contributed by atoms with Crippen molar-refractivity contribution in [3.63, 3.8) is 0 Å². The first kappa shape index (κ1) is 19.9. The van der Waals surface area contributed by atoms with Gasteiger partial charge in [0.25, 0.3) is 0 Å². The van der Waals surface area contributed by atoms with E-state index in [0.717, 1.165) is 10.4 Å². The molecule has 2 rings (SSSR count). The maximum atomic E-state index is 12.1. The van der Waals surface area contributed by atoms with Gasteiger partial charge in [-0.25, -0.2) is 0 Å². The first-order valence-corrected chi connectivity index (χ1v) is 8.92. The van der Waals surface area contributed by atoms with E-state index in [1.807, 2.05) is 30.5 Å². The summed E-state index contributed by atoms with van der Waals surface area (Å²) in [6.07, 6.45) is -0.424. The lowest BCUT2D eigenvalue weighted by molar-refractivity contribution is -0.136. The summed E-state index contributed by atoms with van der Waals surface area (Å²) in [5, 5.41) is 15.9. The number of hydrogen-bond donors (Lipinski definition) is 3. The van der Waals surface area contributed by atoms with Crippen LogP contribution in [-0.2, 0) is 14.3 Å². The van der Waals surface area contributed by atoms with Crippen molar-refractivity contribution in [3.05, 3.63) is 46.2 Å². The Morgan fingerprint density at radius 2 is 2.08 bits per heavy atom. The molecule has 0 aliphatic rings. The van der Waals surface area contributed by atoms with E-state index in [4.69, 9.17) is 14.6 Å². The van der Waals surface area contributed by atoms with Crippen molar-refractivity contribution in [2.75, 3.05) is 32.2 Å². The van der Waals surface area contributed by atoms with Gasteiger partial charge in [-0.2, -0.15) is 0 Å². The number of methoxy groups -OCH3 is 1. The molecule has 2 amide bonds. The average Bonchev–Trinajstić information content (AvgIpc) is 3.16. The van der Waals surface area contributed by atoms with Crippen LogP contribution in [0.1, 0.15) is 16.5 Å². The van der Waals surface area contributed by atoms with E-state index >= 15 is 0 Å². The highest BCUT2D eigenvalue weighted by atomic mass is 32.1. The van der Waals surface area contributed by atoms with Crippen LogP contribution in [0.15, 0.2) is 35.7 Å². The zero-order valence-electron chi connectivity index (χ0n) is 14.7. The van der Waals surface area contributed by atoms with Crippen molar-refractivity contribution in [1.82, 2.24) is 5.32 Å². The molecule has 0 bridgehead atoms. The molecule has 1 aromatic heterocycles. The molecule has 0 fully saturated rings. The lowest BCUT2D eigenvalue weighted by atomic mass is 10.2. The molecule has 0 aliphatic carbocycles. The van der Waals surface area contributed by atoms with Gasteiger partial charge in [0.2, 0.25) is 0 Å². The number of aliphatic hydroxyl groups is 1. The SMILES string of the molecule is COc1ccc(C)cc1NC(=O)C(=O)NCC(OCCO)c1cccs1.